The molecule has 0 unspecified atom stereocenters. The number of nitrogens with zero attached hydrogens (tertiary/aromatic N) is 4. The molecule has 4 aromatic rings. The zero-order valence-electron chi connectivity index (χ0n) is 14.2. The van der Waals surface area contributed by atoms with E-state index in [1.807, 2.05) is 6.92 Å². The number of benzene rings is 2. The van der Waals surface area contributed by atoms with Crippen molar-refractivity contribution in [1.29, 1.82) is 0 Å². The van der Waals surface area contributed by atoms with Gasteiger partial charge in [0.05, 0.1) is 17.4 Å². The topological polar surface area (TPSA) is 61.3 Å². The van der Waals surface area contributed by atoms with Crippen molar-refractivity contribution in [2.45, 2.75) is 26.4 Å². The molecule has 0 aliphatic rings. The normalized spacial score (nSPS) is 11.5. The van der Waals surface area contributed by atoms with Gasteiger partial charge in [-0.25, -0.2) is 18.3 Å². The Kier molecular flexibility index (Phi) is 3.91. The summed E-state index contributed by atoms with van der Waals surface area (Å²) in [6.07, 6.45) is 0.724. The Bertz CT molecular complexity index is 1240. The van der Waals surface area contributed by atoms with E-state index in [0.29, 0.717) is 23.0 Å². The molecule has 4 rings (SSSR count). The minimum atomic E-state index is -0.399. The van der Waals surface area contributed by atoms with Crippen molar-refractivity contribution in [2.24, 2.45) is 0 Å². The van der Waals surface area contributed by atoms with Crippen LogP contribution in [0.2, 0.25) is 0 Å². The molecule has 0 saturated carbocycles. The molecule has 0 aliphatic carbocycles. The number of fused-ring (bicyclic) bond motifs is 3. The van der Waals surface area contributed by atoms with Gasteiger partial charge in [0.1, 0.15) is 5.82 Å². The summed E-state index contributed by atoms with van der Waals surface area (Å²) in [5, 5.41) is 4.80. The monoisotopic (exact) mass is 352 g/mol. The van der Waals surface area contributed by atoms with Gasteiger partial charge in [0, 0.05) is 12.1 Å². The van der Waals surface area contributed by atoms with E-state index in [0.717, 1.165) is 6.42 Å². The molecular weight excluding hydrogens is 335 g/mol. The van der Waals surface area contributed by atoms with Crippen LogP contribution in [0.4, 0.5) is 4.39 Å². The van der Waals surface area contributed by atoms with Gasteiger partial charge < -0.3 is 0 Å². The summed E-state index contributed by atoms with van der Waals surface area (Å²) >= 11 is 0. The Morgan fingerprint density at radius 3 is 2.54 bits per heavy atom. The Morgan fingerprint density at radius 1 is 1.04 bits per heavy atom. The first kappa shape index (κ1) is 16.3. The maximum Gasteiger partial charge on any atom is 0.352 e. The molecule has 6 nitrogen and oxygen atoms in total. The van der Waals surface area contributed by atoms with Crippen LogP contribution >= 0.6 is 0 Å². The third-order valence-corrected chi connectivity index (χ3v) is 4.41. The van der Waals surface area contributed by atoms with E-state index in [4.69, 9.17) is 0 Å². The van der Waals surface area contributed by atoms with E-state index in [-0.39, 0.29) is 17.9 Å². The first-order chi connectivity index (χ1) is 12.6. The number of halogens is 1. The van der Waals surface area contributed by atoms with Crippen LogP contribution in [0.15, 0.2) is 58.1 Å². The summed E-state index contributed by atoms with van der Waals surface area (Å²) in [6.45, 7) is 2.40. The van der Waals surface area contributed by atoms with Crippen molar-refractivity contribution < 1.29 is 4.39 Å². The quantitative estimate of drug-likeness (QED) is 0.567. The lowest BCUT2D eigenvalue weighted by atomic mass is 10.2. The molecule has 0 bridgehead atoms. The SMILES string of the molecule is CCCn1c(=O)c2ccccc2n2c(=O)n(Cc3ccccc3F)nc12. The zero-order valence-corrected chi connectivity index (χ0v) is 14.2. The van der Waals surface area contributed by atoms with Gasteiger partial charge in [-0.2, -0.15) is 0 Å². The molecule has 0 saturated heterocycles. The molecule has 0 N–H and O–H groups in total. The highest BCUT2D eigenvalue weighted by molar-refractivity contribution is 5.79. The predicted octanol–water partition coefficient (Wildman–Crippen LogP) is 2.41. The number of hydrogen-bond acceptors (Lipinski definition) is 3. The maximum atomic E-state index is 14.0. The van der Waals surface area contributed by atoms with Crippen LogP contribution in [0.25, 0.3) is 16.7 Å². The van der Waals surface area contributed by atoms with Crippen molar-refractivity contribution in [3.05, 3.63) is 80.7 Å². The number of rotatable bonds is 4. The highest BCUT2D eigenvalue weighted by Crippen LogP contribution is 2.12. The van der Waals surface area contributed by atoms with Gasteiger partial charge >= 0.3 is 5.69 Å². The van der Waals surface area contributed by atoms with Gasteiger partial charge in [-0.3, -0.25) is 9.36 Å². The maximum absolute atomic E-state index is 14.0. The average molecular weight is 352 g/mol. The van der Waals surface area contributed by atoms with Crippen molar-refractivity contribution in [1.82, 2.24) is 18.7 Å². The van der Waals surface area contributed by atoms with Crippen LogP contribution in [-0.2, 0) is 13.1 Å². The van der Waals surface area contributed by atoms with Crippen molar-refractivity contribution in [3.8, 4) is 0 Å². The van der Waals surface area contributed by atoms with Crippen molar-refractivity contribution >= 4 is 16.7 Å². The van der Waals surface area contributed by atoms with Gasteiger partial charge in [0.2, 0.25) is 5.78 Å². The molecule has 7 heteroatoms. The second-order valence-corrected chi connectivity index (χ2v) is 6.14. The molecule has 2 aromatic carbocycles. The fourth-order valence-electron chi connectivity index (χ4n) is 3.18. The molecule has 2 heterocycles. The second kappa shape index (κ2) is 6.25. The smallest absolute Gasteiger partial charge is 0.276 e. The molecule has 2 aromatic heterocycles. The Morgan fingerprint density at radius 2 is 1.77 bits per heavy atom. The lowest BCUT2D eigenvalue weighted by molar-refractivity contribution is 0.577. The van der Waals surface area contributed by atoms with Gasteiger partial charge in [0.15, 0.2) is 0 Å². The van der Waals surface area contributed by atoms with Gasteiger partial charge in [0.25, 0.3) is 5.56 Å². The molecule has 0 spiro atoms. The van der Waals surface area contributed by atoms with Gasteiger partial charge in [-0.05, 0) is 24.6 Å². The van der Waals surface area contributed by atoms with E-state index in [1.54, 1.807) is 42.5 Å². The third kappa shape index (κ3) is 2.44. The van der Waals surface area contributed by atoms with E-state index in [9.17, 15) is 14.0 Å². The second-order valence-electron chi connectivity index (χ2n) is 6.14. The number of aryl methyl sites for hydroxylation is 1. The highest BCUT2D eigenvalue weighted by atomic mass is 19.1. The predicted molar refractivity (Wildman–Crippen MR) is 97.0 cm³/mol. The lowest BCUT2D eigenvalue weighted by Crippen LogP contribution is -2.26. The molecule has 0 aliphatic heterocycles. The summed E-state index contributed by atoms with van der Waals surface area (Å²) in [7, 11) is 0. The molecular formula is C19H17FN4O2. The minimum absolute atomic E-state index is 0.00181. The zero-order chi connectivity index (χ0) is 18.3. The van der Waals surface area contributed by atoms with Crippen LogP contribution in [0, 0.1) is 5.82 Å². The largest absolute Gasteiger partial charge is 0.352 e. The first-order valence-corrected chi connectivity index (χ1v) is 8.46. The summed E-state index contributed by atoms with van der Waals surface area (Å²) in [5.41, 5.74) is 0.290. The Hall–Kier alpha value is -3.22. The third-order valence-electron chi connectivity index (χ3n) is 4.41. The van der Waals surface area contributed by atoms with E-state index >= 15 is 0 Å². The van der Waals surface area contributed by atoms with Gasteiger partial charge in [-0.15, -0.1) is 5.10 Å². The molecule has 0 fully saturated rings. The fraction of sp³-hybridized carbons (Fsp3) is 0.211. The number of hydrogen-bond donors (Lipinski definition) is 0. The lowest BCUT2D eigenvalue weighted by Gasteiger charge is -2.07. The molecule has 26 heavy (non-hydrogen) atoms. The van der Waals surface area contributed by atoms with Gasteiger partial charge in [-0.1, -0.05) is 37.3 Å². The first-order valence-electron chi connectivity index (χ1n) is 8.46. The molecule has 0 radical (unpaired) electrons. The van der Waals surface area contributed by atoms with E-state index in [1.165, 1.54) is 19.7 Å². The van der Waals surface area contributed by atoms with E-state index < -0.39 is 11.5 Å². The Balaban J connectivity index is 2.04. The van der Waals surface area contributed by atoms with Crippen molar-refractivity contribution in [3.63, 3.8) is 0 Å². The summed E-state index contributed by atoms with van der Waals surface area (Å²) in [4.78, 5) is 25.8. The average Bonchev–Trinajstić information content (AvgIpc) is 2.97. The highest BCUT2D eigenvalue weighted by Gasteiger charge is 2.17. The summed E-state index contributed by atoms with van der Waals surface area (Å²) in [6, 6.07) is 13.2. The standard InChI is InChI=1S/C19H17FN4O2/c1-2-11-22-17(25)14-8-4-6-10-16(14)24-18(22)21-23(19(24)26)12-13-7-3-5-9-15(13)20/h3-10H,2,11-12H2,1H3. The van der Waals surface area contributed by atoms with Crippen LogP contribution in [-0.4, -0.2) is 18.7 Å². The number of para-hydroxylation sites is 1. The summed E-state index contributed by atoms with van der Waals surface area (Å²) < 4.78 is 18.1. The minimum Gasteiger partial charge on any atom is -0.276 e. The fourth-order valence-corrected chi connectivity index (χ4v) is 3.18. The van der Waals surface area contributed by atoms with Crippen molar-refractivity contribution in [2.75, 3.05) is 0 Å². The summed E-state index contributed by atoms with van der Waals surface area (Å²) in [5.74, 6) is -0.121. The van der Waals surface area contributed by atoms with Crippen LogP contribution < -0.4 is 11.2 Å². The molecule has 0 atom stereocenters. The van der Waals surface area contributed by atoms with E-state index in [2.05, 4.69) is 5.10 Å². The van der Waals surface area contributed by atoms with Crippen LogP contribution in [0.5, 0.6) is 0 Å². The molecule has 0 amide bonds. The van der Waals surface area contributed by atoms with Crippen LogP contribution in [0.1, 0.15) is 18.9 Å². The van der Waals surface area contributed by atoms with Crippen LogP contribution in [0.3, 0.4) is 0 Å². The Labute approximate surface area is 147 Å². The molecule has 132 valence electrons. The number of aromatic nitrogens is 4.